The summed E-state index contributed by atoms with van der Waals surface area (Å²) in [4.78, 5) is 26.6. The molecule has 0 saturated carbocycles. The third kappa shape index (κ3) is 3.47. The van der Waals surface area contributed by atoms with Crippen molar-refractivity contribution >= 4 is 34.9 Å². The number of ketones is 1. The highest BCUT2D eigenvalue weighted by Crippen LogP contribution is 2.27. The molecule has 0 bridgehead atoms. The number of piperidine rings is 1. The van der Waals surface area contributed by atoms with Gasteiger partial charge in [0.15, 0.2) is 5.78 Å². The highest BCUT2D eigenvalue weighted by atomic mass is 35.5. The van der Waals surface area contributed by atoms with E-state index in [0.717, 1.165) is 0 Å². The van der Waals surface area contributed by atoms with E-state index in [1.807, 2.05) is 0 Å². The molecule has 2 aromatic rings. The van der Waals surface area contributed by atoms with Gasteiger partial charge in [-0.1, -0.05) is 28.4 Å². The van der Waals surface area contributed by atoms with E-state index >= 15 is 0 Å². The maximum absolute atomic E-state index is 12.6. The predicted octanol–water partition coefficient (Wildman–Crippen LogP) is 4.02. The molecule has 7 heteroatoms. The number of hydrogen-bond acceptors (Lipinski definition) is 4. The van der Waals surface area contributed by atoms with Crippen molar-refractivity contribution in [3.05, 3.63) is 51.3 Å². The number of halogens is 2. The molecule has 0 spiro atoms. The van der Waals surface area contributed by atoms with E-state index in [-0.39, 0.29) is 23.4 Å². The summed E-state index contributed by atoms with van der Waals surface area (Å²) < 4.78 is 5.01. The summed E-state index contributed by atoms with van der Waals surface area (Å²) in [5, 5.41) is 4.53. The number of likely N-dealkylation sites (tertiary alicyclic amines) is 1. The van der Waals surface area contributed by atoms with Gasteiger partial charge in [0.05, 0.1) is 15.7 Å². The largest absolute Gasteiger partial charge is 0.351 e. The zero-order valence-corrected chi connectivity index (χ0v) is 14.6. The van der Waals surface area contributed by atoms with Gasteiger partial charge in [0.25, 0.3) is 5.91 Å². The summed E-state index contributed by atoms with van der Waals surface area (Å²) in [6.45, 7) is 2.79. The van der Waals surface area contributed by atoms with Crippen LogP contribution in [-0.4, -0.2) is 34.8 Å². The lowest BCUT2D eigenvalue weighted by Gasteiger charge is -2.30. The maximum atomic E-state index is 12.6. The molecule has 1 amide bonds. The van der Waals surface area contributed by atoms with Crippen molar-refractivity contribution in [1.82, 2.24) is 10.1 Å². The summed E-state index contributed by atoms with van der Waals surface area (Å²) in [7, 11) is 0. The van der Waals surface area contributed by atoms with Crippen LogP contribution >= 0.6 is 23.2 Å². The van der Waals surface area contributed by atoms with Gasteiger partial charge >= 0.3 is 0 Å². The van der Waals surface area contributed by atoms with Crippen molar-refractivity contribution in [3.8, 4) is 0 Å². The number of nitrogens with zero attached hydrogens (tertiary/aromatic N) is 2. The Morgan fingerprint density at radius 3 is 2.46 bits per heavy atom. The number of aromatic nitrogens is 1. The molecule has 1 aromatic carbocycles. The molecule has 1 aromatic heterocycles. The second kappa shape index (κ2) is 6.95. The second-order valence-electron chi connectivity index (χ2n) is 5.89. The van der Waals surface area contributed by atoms with Crippen molar-refractivity contribution in [1.29, 1.82) is 0 Å². The van der Waals surface area contributed by atoms with Crippen LogP contribution in [0.15, 0.2) is 28.8 Å². The standard InChI is InChI=1S/C17H16Cl2N2O3/c1-10-8-15(24-20-10)17(23)21-6-4-11(5-7-21)16(22)12-2-3-13(18)14(19)9-12/h2-3,8-9,11H,4-7H2,1H3. The molecule has 0 N–H and O–H groups in total. The van der Waals surface area contributed by atoms with E-state index in [2.05, 4.69) is 5.16 Å². The Labute approximate surface area is 149 Å². The van der Waals surface area contributed by atoms with Crippen LogP contribution in [0.5, 0.6) is 0 Å². The van der Waals surface area contributed by atoms with Gasteiger partial charge in [-0.15, -0.1) is 0 Å². The van der Waals surface area contributed by atoms with E-state index in [1.165, 1.54) is 0 Å². The monoisotopic (exact) mass is 366 g/mol. The number of amides is 1. The van der Waals surface area contributed by atoms with Crippen LogP contribution < -0.4 is 0 Å². The number of hydrogen-bond donors (Lipinski definition) is 0. The number of benzene rings is 1. The molecule has 24 heavy (non-hydrogen) atoms. The fourth-order valence-electron chi connectivity index (χ4n) is 2.85. The predicted molar refractivity (Wildman–Crippen MR) is 90.7 cm³/mol. The van der Waals surface area contributed by atoms with E-state index in [1.54, 1.807) is 36.1 Å². The molecule has 0 unspecified atom stereocenters. The summed E-state index contributed by atoms with van der Waals surface area (Å²) in [5.74, 6) is -0.0308. The number of aryl methyl sites for hydroxylation is 1. The molecule has 3 rings (SSSR count). The molecule has 0 aliphatic carbocycles. The van der Waals surface area contributed by atoms with Gasteiger partial charge in [-0.25, -0.2) is 0 Å². The molecular weight excluding hydrogens is 351 g/mol. The molecule has 1 aliphatic rings. The lowest BCUT2D eigenvalue weighted by Crippen LogP contribution is -2.40. The van der Waals surface area contributed by atoms with Gasteiger partial charge in [0.1, 0.15) is 0 Å². The van der Waals surface area contributed by atoms with E-state index in [4.69, 9.17) is 27.7 Å². The van der Waals surface area contributed by atoms with Crippen LogP contribution in [0, 0.1) is 12.8 Å². The lowest BCUT2D eigenvalue weighted by atomic mass is 9.89. The SMILES string of the molecule is Cc1cc(C(=O)N2CCC(C(=O)c3ccc(Cl)c(Cl)c3)CC2)on1. The van der Waals surface area contributed by atoms with E-state index in [9.17, 15) is 9.59 Å². The Morgan fingerprint density at radius 1 is 1.17 bits per heavy atom. The van der Waals surface area contributed by atoms with Gasteiger partial charge in [0.2, 0.25) is 5.76 Å². The zero-order chi connectivity index (χ0) is 17.3. The van der Waals surface area contributed by atoms with Crippen LogP contribution in [0.4, 0.5) is 0 Å². The Balaban J connectivity index is 1.63. The van der Waals surface area contributed by atoms with Gasteiger partial charge in [0, 0.05) is 30.6 Å². The van der Waals surface area contributed by atoms with Crippen molar-refractivity contribution in [2.75, 3.05) is 13.1 Å². The summed E-state index contributed by atoms with van der Waals surface area (Å²) in [5.41, 5.74) is 1.23. The van der Waals surface area contributed by atoms with Gasteiger partial charge in [-0.3, -0.25) is 9.59 Å². The first-order valence-electron chi connectivity index (χ1n) is 7.67. The van der Waals surface area contributed by atoms with Crippen LogP contribution in [0.1, 0.15) is 39.4 Å². The average molecular weight is 367 g/mol. The van der Waals surface area contributed by atoms with Gasteiger partial charge in [-0.05, 0) is 38.0 Å². The minimum absolute atomic E-state index is 0.0381. The number of Topliss-reactive ketones (excluding diaryl/α,β-unsaturated/α-hetero) is 1. The number of carbonyl (C=O) groups is 2. The quantitative estimate of drug-likeness (QED) is 0.769. The molecule has 1 aliphatic heterocycles. The number of rotatable bonds is 3. The van der Waals surface area contributed by atoms with Crippen molar-refractivity contribution in [3.63, 3.8) is 0 Å². The van der Waals surface area contributed by atoms with E-state index in [0.29, 0.717) is 47.2 Å². The molecule has 126 valence electrons. The third-order valence-corrected chi connectivity index (χ3v) is 4.93. The Morgan fingerprint density at radius 2 is 1.88 bits per heavy atom. The first-order chi connectivity index (χ1) is 11.5. The van der Waals surface area contributed by atoms with Crippen molar-refractivity contribution in [2.24, 2.45) is 5.92 Å². The first kappa shape index (κ1) is 17.0. The second-order valence-corrected chi connectivity index (χ2v) is 6.71. The smallest absolute Gasteiger partial charge is 0.292 e. The first-order valence-corrected chi connectivity index (χ1v) is 8.43. The highest BCUT2D eigenvalue weighted by molar-refractivity contribution is 6.42. The Bertz CT molecular complexity index is 780. The normalized spacial score (nSPS) is 15.5. The third-order valence-electron chi connectivity index (χ3n) is 4.20. The van der Waals surface area contributed by atoms with Crippen LogP contribution in [0.25, 0.3) is 0 Å². The average Bonchev–Trinajstić information content (AvgIpc) is 3.02. The summed E-state index contributed by atoms with van der Waals surface area (Å²) >= 11 is 11.9. The molecule has 0 atom stereocenters. The highest BCUT2D eigenvalue weighted by Gasteiger charge is 2.29. The van der Waals surface area contributed by atoms with Gasteiger partial charge < -0.3 is 9.42 Å². The fraction of sp³-hybridized carbons (Fsp3) is 0.353. The topological polar surface area (TPSA) is 63.4 Å². The molecule has 5 nitrogen and oxygen atoms in total. The molecule has 1 saturated heterocycles. The molecule has 2 heterocycles. The molecule has 1 fully saturated rings. The van der Waals surface area contributed by atoms with Crippen molar-refractivity contribution < 1.29 is 14.1 Å². The van der Waals surface area contributed by atoms with Crippen LogP contribution in [0.2, 0.25) is 10.0 Å². The van der Waals surface area contributed by atoms with Crippen molar-refractivity contribution in [2.45, 2.75) is 19.8 Å². The maximum Gasteiger partial charge on any atom is 0.292 e. The Kier molecular flexibility index (Phi) is 4.92. The molecular formula is C17H16Cl2N2O3. The Hall–Kier alpha value is -1.85. The lowest BCUT2D eigenvalue weighted by molar-refractivity contribution is 0.0616. The fourth-order valence-corrected chi connectivity index (χ4v) is 3.15. The minimum Gasteiger partial charge on any atom is -0.351 e. The number of carbonyl (C=O) groups excluding carboxylic acids is 2. The molecule has 0 radical (unpaired) electrons. The van der Waals surface area contributed by atoms with E-state index < -0.39 is 0 Å². The minimum atomic E-state index is -0.184. The van der Waals surface area contributed by atoms with Crippen LogP contribution in [-0.2, 0) is 0 Å². The zero-order valence-electron chi connectivity index (χ0n) is 13.1. The summed E-state index contributed by atoms with van der Waals surface area (Å²) in [6.07, 6.45) is 1.22. The van der Waals surface area contributed by atoms with Gasteiger partial charge in [-0.2, -0.15) is 0 Å². The van der Waals surface area contributed by atoms with Crippen LogP contribution in [0.3, 0.4) is 0 Å². The summed E-state index contributed by atoms with van der Waals surface area (Å²) in [6, 6.07) is 6.53.